The highest BCUT2D eigenvalue weighted by molar-refractivity contribution is 7.98. The summed E-state index contributed by atoms with van der Waals surface area (Å²) in [6.07, 6.45) is 8.25. The van der Waals surface area contributed by atoms with Crippen molar-refractivity contribution in [1.82, 2.24) is 15.1 Å². The smallest absolute Gasteiger partial charge is 0.0638 e. The predicted octanol–water partition coefficient (Wildman–Crippen LogP) is 2.20. The molecule has 16 heavy (non-hydrogen) atoms. The van der Waals surface area contributed by atoms with Crippen molar-refractivity contribution < 1.29 is 0 Å². The van der Waals surface area contributed by atoms with Gasteiger partial charge in [-0.2, -0.15) is 16.9 Å². The zero-order chi connectivity index (χ0) is 11.4. The Morgan fingerprint density at radius 3 is 3.06 bits per heavy atom. The van der Waals surface area contributed by atoms with E-state index >= 15 is 0 Å². The van der Waals surface area contributed by atoms with E-state index in [1.165, 1.54) is 36.3 Å². The van der Waals surface area contributed by atoms with Gasteiger partial charge < -0.3 is 5.32 Å². The normalized spacial score (nSPS) is 15.6. The highest BCUT2D eigenvalue weighted by atomic mass is 32.2. The Hall–Kier alpha value is -0.480. The van der Waals surface area contributed by atoms with Gasteiger partial charge in [0.2, 0.25) is 0 Å². The van der Waals surface area contributed by atoms with Gasteiger partial charge in [0.05, 0.1) is 5.69 Å². The first-order valence-corrected chi connectivity index (χ1v) is 7.44. The van der Waals surface area contributed by atoms with Crippen molar-refractivity contribution in [3.63, 3.8) is 0 Å². The molecule has 0 radical (unpaired) electrons. The quantitative estimate of drug-likeness (QED) is 0.740. The van der Waals surface area contributed by atoms with Crippen LogP contribution in [-0.4, -0.2) is 27.8 Å². The number of aromatic nitrogens is 2. The molecule has 2 rings (SSSR count). The molecule has 4 heteroatoms. The molecule has 1 saturated carbocycles. The third-order valence-corrected chi connectivity index (χ3v) is 3.64. The molecule has 0 spiro atoms. The third kappa shape index (κ3) is 3.52. The third-order valence-electron chi connectivity index (χ3n) is 2.94. The predicted molar refractivity (Wildman–Crippen MR) is 69.8 cm³/mol. The monoisotopic (exact) mass is 239 g/mol. The molecule has 1 aliphatic carbocycles. The maximum Gasteiger partial charge on any atom is 0.0638 e. The van der Waals surface area contributed by atoms with Crippen LogP contribution in [0.15, 0.2) is 6.20 Å². The molecular weight excluding hydrogens is 218 g/mol. The van der Waals surface area contributed by atoms with E-state index in [2.05, 4.69) is 34.5 Å². The minimum atomic E-state index is 0.777. The van der Waals surface area contributed by atoms with Crippen molar-refractivity contribution >= 4 is 11.8 Å². The lowest BCUT2D eigenvalue weighted by molar-refractivity contribution is 0.601. The van der Waals surface area contributed by atoms with Crippen LogP contribution in [0.5, 0.6) is 0 Å². The first-order valence-electron chi connectivity index (χ1n) is 6.05. The number of hydrogen-bond donors (Lipinski definition) is 1. The SMILES string of the molecule is CSCCCn1cc(CNC2CC2)c(C)n1. The average molecular weight is 239 g/mol. The largest absolute Gasteiger partial charge is 0.310 e. The summed E-state index contributed by atoms with van der Waals surface area (Å²) in [6, 6.07) is 0.777. The summed E-state index contributed by atoms with van der Waals surface area (Å²) < 4.78 is 2.09. The Morgan fingerprint density at radius 2 is 2.38 bits per heavy atom. The van der Waals surface area contributed by atoms with Crippen LogP contribution in [0, 0.1) is 6.92 Å². The van der Waals surface area contributed by atoms with Crippen LogP contribution in [0.25, 0.3) is 0 Å². The van der Waals surface area contributed by atoms with Crippen molar-refractivity contribution in [2.24, 2.45) is 0 Å². The molecule has 1 aromatic rings. The van der Waals surface area contributed by atoms with Gasteiger partial charge in [0.25, 0.3) is 0 Å². The Morgan fingerprint density at radius 1 is 1.56 bits per heavy atom. The second kappa shape index (κ2) is 5.73. The highest BCUT2D eigenvalue weighted by Crippen LogP contribution is 2.19. The van der Waals surface area contributed by atoms with E-state index < -0.39 is 0 Å². The van der Waals surface area contributed by atoms with Crippen molar-refractivity contribution in [2.75, 3.05) is 12.0 Å². The van der Waals surface area contributed by atoms with Crippen LogP contribution in [0.4, 0.5) is 0 Å². The highest BCUT2D eigenvalue weighted by Gasteiger charge is 2.20. The molecule has 1 aromatic heterocycles. The zero-order valence-corrected chi connectivity index (χ0v) is 11.0. The van der Waals surface area contributed by atoms with Crippen LogP contribution in [0.1, 0.15) is 30.5 Å². The Bertz CT molecular complexity index is 331. The standard InChI is InChI=1S/C12H21N3S/c1-10-11(8-13-12-4-5-12)9-15(14-10)6-3-7-16-2/h9,12-13H,3-8H2,1-2H3. The Balaban J connectivity index is 1.81. The number of hydrogen-bond acceptors (Lipinski definition) is 3. The molecule has 90 valence electrons. The lowest BCUT2D eigenvalue weighted by Gasteiger charge is -2.00. The number of aryl methyl sites for hydroxylation is 2. The van der Waals surface area contributed by atoms with Crippen LogP contribution in [0.2, 0.25) is 0 Å². The molecule has 1 aliphatic rings. The number of thioether (sulfide) groups is 1. The van der Waals surface area contributed by atoms with Gasteiger partial charge in [-0.05, 0) is 38.2 Å². The topological polar surface area (TPSA) is 29.9 Å². The van der Waals surface area contributed by atoms with Gasteiger partial charge in [0.15, 0.2) is 0 Å². The molecule has 0 amide bonds. The molecule has 0 atom stereocenters. The van der Waals surface area contributed by atoms with Gasteiger partial charge in [0.1, 0.15) is 0 Å². The van der Waals surface area contributed by atoms with Crippen molar-refractivity contribution in [3.05, 3.63) is 17.5 Å². The van der Waals surface area contributed by atoms with E-state index in [0.717, 1.165) is 19.1 Å². The molecule has 0 bridgehead atoms. The second-order valence-corrected chi connectivity index (χ2v) is 5.49. The second-order valence-electron chi connectivity index (χ2n) is 4.50. The van der Waals surface area contributed by atoms with E-state index in [4.69, 9.17) is 0 Å². The molecule has 1 N–H and O–H groups in total. The van der Waals surface area contributed by atoms with Gasteiger partial charge in [-0.1, -0.05) is 0 Å². The summed E-state index contributed by atoms with van der Waals surface area (Å²) >= 11 is 1.90. The molecule has 0 unspecified atom stereocenters. The summed E-state index contributed by atoms with van der Waals surface area (Å²) in [7, 11) is 0. The lowest BCUT2D eigenvalue weighted by atomic mass is 10.2. The van der Waals surface area contributed by atoms with Crippen molar-refractivity contribution in [1.29, 1.82) is 0 Å². The molecule has 0 aliphatic heterocycles. The molecule has 0 saturated heterocycles. The first kappa shape index (κ1) is 12.0. The summed E-state index contributed by atoms with van der Waals surface area (Å²) in [5, 5.41) is 8.09. The number of nitrogens with zero attached hydrogens (tertiary/aromatic N) is 2. The maximum atomic E-state index is 4.55. The minimum Gasteiger partial charge on any atom is -0.310 e. The van der Waals surface area contributed by atoms with Crippen molar-refractivity contribution in [2.45, 2.75) is 45.3 Å². The summed E-state index contributed by atoms with van der Waals surface area (Å²) in [4.78, 5) is 0. The van der Waals surface area contributed by atoms with E-state index in [0.29, 0.717) is 0 Å². The fraction of sp³-hybridized carbons (Fsp3) is 0.750. The zero-order valence-electron chi connectivity index (χ0n) is 10.2. The minimum absolute atomic E-state index is 0.777. The summed E-state index contributed by atoms with van der Waals surface area (Å²) in [6.45, 7) is 4.14. The van der Waals surface area contributed by atoms with Gasteiger partial charge in [-0.3, -0.25) is 4.68 Å². The van der Waals surface area contributed by atoms with Crippen LogP contribution >= 0.6 is 11.8 Å². The first-order chi connectivity index (χ1) is 7.79. The van der Waals surface area contributed by atoms with Crippen LogP contribution in [-0.2, 0) is 13.1 Å². The fourth-order valence-corrected chi connectivity index (χ4v) is 2.18. The van der Waals surface area contributed by atoms with Gasteiger partial charge in [-0.25, -0.2) is 0 Å². The van der Waals surface area contributed by atoms with E-state index in [-0.39, 0.29) is 0 Å². The average Bonchev–Trinajstić information content (AvgIpc) is 3.02. The maximum absolute atomic E-state index is 4.55. The van der Waals surface area contributed by atoms with E-state index in [9.17, 15) is 0 Å². The lowest BCUT2D eigenvalue weighted by Crippen LogP contribution is -2.15. The number of nitrogens with one attached hydrogen (secondary N) is 1. The number of rotatable bonds is 7. The summed E-state index contributed by atoms with van der Waals surface area (Å²) in [5.74, 6) is 1.22. The molecule has 1 fully saturated rings. The van der Waals surface area contributed by atoms with Crippen molar-refractivity contribution in [3.8, 4) is 0 Å². The molecular formula is C12H21N3S. The summed E-state index contributed by atoms with van der Waals surface area (Å²) in [5.41, 5.74) is 2.54. The van der Waals surface area contributed by atoms with E-state index in [1.807, 2.05) is 11.8 Å². The molecule has 1 heterocycles. The van der Waals surface area contributed by atoms with Gasteiger partial charge >= 0.3 is 0 Å². The Kier molecular flexibility index (Phi) is 4.29. The van der Waals surface area contributed by atoms with Gasteiger partial charge in [-0.15, -0.1) is 0 Å². The van der Waals surface area contributed by atoms with E-state index in [1.54, 1.807) is 0 Å². The Labute approximate surface area is 102 Å². The van der Waals surface area contributed by atoms with Gasteiger partial charge in [0, 0.05) is 30.9 Å². The molecule has 0 aromatic carbocycles. The van der Waals surface area contributed by atoms with Crippen LogP contribution < -0.4 is 5.32 Å². The van der Waals surface area contributed by atoms with Crippen LogP contribution in [0.3, 0.4) is 0 Å². The fourth-order valence-electron chi connectivity index (χ4n) is 1.76. The molecule has 3 nitrogen and oxygen atoms in total.